The number of anilines is 1. The second kappa shape index (κ2) is 6.87. The van der Waals surface area contributed by atoms with Crippen LogP contribution in [0, 0.1) is 11.3 Å². The first-order chi connectivity index (χ1) is 10.2. The van der Waals surface area contributed by atoms with E-state index in [1.165, 1.54) is 0 Å². The molecule has 108 valence electrons. The molecular weight excluding hydrogens is 288 g/mol. The standard InChI is InChI=1S/C16H15ClN2O2/c1-20-15-8-12(7-14(17)16(15)21-2)10-19-13-5-3-11(9-18)4-6-13/h3-8,19H,10H2,1-2H3. The first-order valence-corrected chi connectivity index (χ1v) is 6.70. The zero-order valence-electron chi connectivity index (χ0n) is 11.8. The van der Waals surface area contributed by atoms with Gasteiger partial charge in [0.2, 0.25) is 0 Å². The average molecular weight is 303 g/mol. The summed E-state index contributed by atoms with van der Waals surface area (Å²) in [6.07, 6.45) is 0. The molecule has 0 saturated heterocycles. The molecule has 0 aliphatic rings. The third-order valence-corrected chi connectivity index (χ3v) is 3.28. The van der Waals surface area contributed by atoms with E-state index in [4.69, 9.17) is 26.3 Å². The minimum Gasteiger partial charge on any atom is -0.493 e. The molecule has 0 radical (unpaired) electrons. The molecule has 0 spiro atoms. The molecule has 0 heterocycles. The Kier molecular flexibility index (Phi) is 4.91. The molecule has 2 aromatic carbocycles. The van der Waals surface area contributed by atoms with E-state index in [1.807, 2.05) is 24.3 Å². The normalized spacial score (nSPS) is 9.81. The van der Waals surface area contributed by atoms with E-state index in [0.29, 0.717) is 28.6 Å². The van der Waals surface area contributed by atoms with Gasteiger partial charge in [0.05, 0.1) is 30.9 Å². The van der Waals surface area contributed by atoms with Gasteiger partial charge in [-0.2, -0.15) is 5.26 Å². The van der Waals surface area contributed by atoms with Gasteiger partial charge >= 0.3 is 0 Å². The maximum absolute atomic E-state index is 8.76. The molecule has 0 aliphatic carbocycles. The van der Waals surface area contributed by atoms with Gasteiger partial charge in [-0.05, 0) is 42.0 Å². The van der Waals surface area contributed by atoms with Crippen molar-refractivity contribution in [1.82, 2.24) is 0 Å². The second-order valence-electron chi connectivity index (χ2n) is 4.36. The van der Waals surface area contributed by atoms with E-state index in [0.717, 1.165) is 11.3 Å². The fourth-order valence-electron chi connectivity index (χ4n) is 1.94. The highest BCUT2D eigenvalue weighted by Gasteiger charge is 2.10. The van der Waals surface area contributed by atoms with Crippen LogP contribution in [0.25, 0.3) is 0 Å². The summed E-state index contributed by atoms with van der Waals surface area (Å²) in [7, 11) is 3.13. The van der Waals surface area contributed by atoms with Crippen LogP contribution in [-0.4, -0.2) is 14.2 Å². The monoisotopic (exact) mass is 302 g/mol. The van der Waals surface area contributed by atoms with Crippen molar-refractivity contribution < 1.29 is 9.47 Å². The highest BCUT2D eigenvalue weighted by Crippen LogP contribution is 2.36. The lowest BCUT2D eigenvalue weighted by Crippen LogP contribution is -2.01. The Morgan fingerprint density at radius 3 is 2.43 bits per heavy atom. The highest BCUT2D eigenvalue weighted by atomic mass is 35.5. The zero-order chi connectivity index (χ0) is 15.2. The van der Waals surface area contributed by atoms with E-state index >= 15 is 0 Å². The molecule has 0 aliphatic heterocycles. The molecule has 0 unspecified atom stereocenters. The number of benzene rings is 2. The summed E-state index contributed by atoms with van der Waals surface area (Å²) < 4.78 is 10.5. The third kappa shape index (κ3) is 3.59. The van der Waals surface area contributed by atoms with Crippen LogP contribution in [0.5, 0.6) is 11.5 Å². The molecule has 0 fully saturated rings. The number of nitriles is 1. The van der Waals surface area contributed by atoms with Gasteiger partial charge in [0.25, 0.3) is 0 Å². The van der Waals surface area contributed by atoms with Gasteiger partial charge in [-0.15, -0.1) is 0 Å². The van der Waals surface area contributed by atoms with Crippen LogP contribution in [0.3, 0.4) is 0 Å². The van der Waals surface area contributed by atoms with E-state index in [1.54, 1.807) is 26.4 Å². The van der Waals surface area contributed by atoms with Gasteiger partial charge in [0.15, 0.2) is 11.5 Å². The van der Waals surface area contributed by atoms with Gasteiger partial charge in [-0.25, -0.2) is 0 Å². The van der Waals surface area contributed by atoms with Crippen molar-refractivity contribution in [2.24, 2.45) is 0 Å². The lowest BCUT2D eigenvalue weighted by Gasteiger charge is -2.12. The predicted molar refractivity (Wildman–Crippen MR) is 83.0 cm³/mol. The first kappa shape index (κ1) is 15.0. The molecule has 2 rings (SSSR count). The molecule has 2 aromatic rings. The summed E-state index contributed by atoms with van der Waals surface area (Å²) in [6, 6.07) is 13.1. The van der Waals surface area contributed by atoms with Crippen molar-refractivity contribution in [2.75, 3.05) is 19.5 Å². The Hall–Kier alpha value is -2.38. The lowest BCUT2D eigenvalue weighted by molar-refractivity contribution is 0.355. The minimum atomic E-state index is 0.508. The quantitative estimate of drug-likeness (QED) is 0.911. The van der Waals surface area contributed by atoms with E-state index < -0.39 is 0 Å². The van der Waals surface area contributed by atoms with Crippen LogP contribution in [0.1, 0.15) is 11.1 Å². The van der Waals surface area contributed by atoms with Crippen molar-refractivity contribution in [1.29, 1.82) is 5.26 Å². The van der Waals surface area contributed by atoms with Crippen molar-refractivity contribution in [3.8, 4) is 17.6 Å². The topological polar surface area (TPSA) is 54.3 Å². The van der Waals surface area contributed by atoms with Crippen molar-refractivity contribution in [3.63, 3.8) is 0 Å². The van der Waals surface area contributed by atoms with Crippen LogP contribution in [-0.2, 0) is 6.54 Å². The van der Waals surface area contributed by atoms with E-state index in [-0.39, 0.29) is 0 Å². The number of nitrogens with zero attached hydrogens (tertiary/aromatic N) is 1. The number of hydrogen-bond acceptors (Lipinski definition) is 4. The minimum absolute atomic E-state index is 0.508. The predicted octanol–water partition coefficient (Wildman–Crippen LogP) is 3.84. The second-order valence-corrected chi connectivity index (χ2v) is 4.76. The summed E-state index contributed by atoms with van der Waals surface area (Å²) in [6.45, 7) is 0.589. The van der Waals surface area contributed by atoms with Gasteiger partial charge in [-0.1, -0.05) is 11.6 Å². The molecule has 0 aromatic heterocycles. The van der Waals surface area contributed by atoms with Crippen molar-refractivity contribution >= 4 is 17.3 Å². The Labute approximate surface area is 128 Å². The number of nitrogens with one attached hydrogen (secondary N) is 1. The number of halogens is 1. The Morgan fingerprint density at radius 1 is 1.14 bits per heavy atom. The molecule has 5 heteroatoms. The Bertz CT molecular complexity index is 663. The molecule has 1 N–H and O–H groups in total. The Morgan fingerprint density at radius 2 is 1.86 bits per heavy atom. The fraction of sp³-hybridized carbons (Fsp3) is 0.188. The Balaban J connectivity index is 2.12. The average Bonchev–Trinajstić information content (AvgIpc) is 2.52. The van der Waals surface area contributed by atoms with Crippen LogP contribution in [0.2, 0.25) is 5.02 Å². The first-order valence-electron chi connectivity index (χ1n) is 6.32. The third-order valence-electron chi connectivity index (χ3n) is 3.00. The number of rotatable bonds is 5. The molecule has 0 amide bonds. The summed E-state index contributed by atoms with van der Waals surface area (Å²) >= 11 is 6.17. The SMILES string of the molecule is COc1cc(CNc2ccc(C#N)cc2)cc(Cl)c1OC. The number of methoxy groups -OCH3 is 2. The summed E-state index contributed by atoms with van der Waals surface area (Å²) in [5, 5.41) is 12.5. The molecule has 4 nitrogen and oxygen atoms in total. The fourth-order valence-corrected chi connectivity index (χ4v) is 2.25. The van der Waals surface area contributed by atoms with E-state index in [9.17, 15) is 0 Å². The number of hydrogen-bond donors (Lipinski definition) is 1. The van der Waals surface area contributed by atoms with Gasteiger partial charge in [-0.3, -0.25) is 0 Å². The smallest absolute Gasteiger partial charge is 0.179 e. The molecule has 0 bridgehead atoms. The largest absolute Gasteiger partial charge is 0.493 e. The maximum Gasteiger partial charge on any atom is 0.179 e. The van der Waals surface area contributed by atoms with Crippen molar-refractivity contribution in [3.05, 3.63) is 52.5 Å². The van der Waals surface area contributed by atoms with Crippen LogP contribution < -0.4 is 14.8 Å². The lowest BCUT2D eigenvalue weighted by atomic mass is 10.2. The molecule has 0 atom stereocenters. The van der Waals surface area contributed by atoms with E-state index in [2.05, 4.69) is 11.4 Å². The van der Waals surface area contributed by atoms with Crippen molar-refractivity contribution in [2.45, 2.75) is 6.54 Å². The zero-order valence-corrected chi connectivity index (χ0v) is 12.6. The summed E-state index contributed by atoms with van der Waals surface area (Å²) in [5.41, 5.74) is 2.54. The number of ether oxygens (including phenoxy) is 2. The van der Waals surface area contributed by atoms with Gasteiger partial charge < -0.3 is 14.8 Å². The molecule has 0 saturated carbocycles. The molecule has 21 heavy (non-hydrogen) atoms. The van der Waals surface area contributed by atoms with Gasteiger partial charge in [0, 0.05) is 12.2 Å². The van der Waals surface area contributed by atoms with Crippen LogP contribution >= 0.6 is 11.6 Å². The maximum atomic E-state index is 8.76. The molecular formula is C16H15ClN2O2. The summed E-state index contributed by atoms with van der Waals surface area (Å²) in [5.74, 6) is 1.13. The summed E-state index contributed by atoms with van der Waals surface area (Å²) in [4.78, 5) is 0. The highest BCUT2D eigenvalue weighted by molar-refractivity contribution is 6.32. The van der Waals surface area contributed by atoms with Crippen LogP contribution in [0.4, 0.5) is 5.69 Å². The van der Waals surface area contributed by atoms with Gasteiger partial charge in [0.1, 0.15) is 0 Å². The van der Waals surface area contributed by atoms with Crippen LogP contribution in [0.15, 0.2) is 36.4 Å².